The smallest absolute Gasteiger partial charge is 0.357 e. The highest BCUT2D eigenvalue weighted by Crippen LogP contribution is 2.36. The number of carbonyl (C=O) groups is 3. The van der Waals surface area contributed by atoms with Crippen molar-refractivity contribution in [2.45, 2.75) is 0 Å². The van der Waals surface area contributed by atoms with E-state index in [4.69, 9.17) is 23.7 Å². The van der Waals surface area contributed by atoms with E-state index in [2.05, 4.69) is 5.10 Å². The molecule has 3 aromatic carbocycles. The molecule has 0 unspecified atom stereocenters. The summed E-state index contributed by atoms with van der Waals surface area (Å²) in [4.78, 5) is 38.3. The van der Waals surface area contributed by atoms with E-state index in [9.17, 15) is 14.4 Å². The fourth-order valence-corrected chi connectivity index (χ4v) is 3.74. The monoisotopic (exact) mass is 516 g/mol. The van der Waals surface area contributed by atoms with Crippen molar-refractivity contribution in [3.05, 3.63) is 89.6 Å². The summed E-state index contributed by atoms with van der Waals surface area (Å²) >= 11 is 0. The topological polar surface area (TPSA) is 115 Å². The van der Waals surface area contributed by atoms with Crippen molar-refractivity contribution in [3.63, 3.8) is 0 Å². The maximum atomic E-state index is 12.9. The Balaban J connectivity index is 1.79. The third-order valence-corrected chi connectivity index (χ3v) is 5.62. The predicted octanol–water partition coefficient (Wildman–Crippen LogP) is 4.35. The normalized spacial score (nSPS) is 10.4. The first-order valence-corrected chi connectivity index (χ1v) is 11.3. The lowest BCUT2D eigenvalue weighted by Crippen LogP contribution is -2.15. The molecule has 194 valence electrons. The van der Waals surface area contributed by atoms with Crippen molar-refractivity contribution < 1.29 is 38.1 Å². The van der Waals surface area contributed by atoms with Gasteiger partial charge in [-0.15, -0.1) is 0 Å². The number of hydrogen-bond acceptors (Lipinski definition) is 9. The van der Waals surface area contributed by atoms with Crippen LogP contribution in [0, 0.1) is 0 Å². The summed E-state index contributed by atoms with van der Waals surface area (Å²) in [6.45, 7) is 0. The third-order valence-electron chi connectivity index (χ3n) is 5.62. The minimum absolute atomic E-state index is 0.0896. The van der Waals surface area contributed by atoms with Gasteiger partial charge in [0.15, 0.2) is 17.2 Å². The van der Waals surface area contributed by atoms with Crippen LogP contribution in [0.15, 0.2) is 72.8 Å². The van der Waals surface area contributed by atoms with Crippen molar-refractivity contribution in [3.8, 4) is 34.2 Å². The Morgan fingerprint density at radius 1 is 0.711 bits per heavy atom. The molecule has 0 atom stereocenters. The molecule has 0 aliphatic carbocycles. The fraction of sp³-hybridized carbons (Fsp3) is 0.143. The molecule has 4 rings (SSSR count). The first-order valence-electron chi connectivity index (χ1n) is 11.3. The number of ether oxygens (including phenoxy) is 5. The zero-order valence-electron chi connectivity index (χ0n) is 21.1. The van der Waals surface area contributed by atoms with Gasteiger partial charge in [-0.25, -0.2) is 19.1 Å². The molecule has 0 aliphatic heterocycles. The van der Waals surface area contributed by atoms with Crippen LogP contribution >= 0.6 is 0 Å². The highest BCUT2D eigenvalue weighted by atomic mass is 16.6. The van der Waals surface area contributed by atoms with Crippen molar-refractivity contribution >= 4 is 17.9 Å². The number of aromatic nitrogens is 2. The van der Waals surface area contributed by atoms with Crippen LogP contribution in [0.4, 0.5) is 0 Å². The van der Waals surface area contributed by atoms with Gasteiger partial charge in [0, 0.05) is 5.56 Å². The molecule has 10 heteroatoms. The quantitative estimate of drug-likeness (QED) is 0.249. The molecule has 0 saturated carbocycles. The third kappa shape index (κ3) is 5.05. The number of carbonyl (C=O) groups excluding carboxylic acids is 3. The predicted molar refractivity (Wildman–Crippen MR) is 136 cm³/mol. The summed E-state index contributed by atoms with van der Waals surface area (Å²) in [5.74, 6) is -1.20. The van der Waals surface area contributed by atoms with E-state index in [0.717, 1.165) is 0 Å². The minimum Gasteiger partial charge on any atom is -0.497 e. The molecule has 38 heavy (non-hydrogen) atoms. The molecule has 0 aliphatic rings. The minimum atomic E-state index is -0.781. The number of rotatable bonds is 8. The standard InChI is InChI=1S/C28H24N2O8/c1-34-20-13-10-17(11-14-20)26(31)38-21-15-12-18(16-22(21)35-2)24-23(27(32)36-3)25(28(33)37-4)30(29-24)19-8-6-5-7-9-19/h5-16H,1-4H3. The van der Waals surface area contributed by atoms with Crippen molar-refractivity contribution in [2.24, 2.45) is 0 Å². The van der Waals surface area contributed by atoms with Gasteiger partial charge in [0.05, 0.1) is 39.7 Å². The average Bonchev–Trinajstić information content (AvgIpc) is 3.37. The van der Waals surface area contributed by atoms with Crippen LogP contribution in [0.1, 0.15) is 31.2 Å². The number of methoxy groups -OCH3 is 4. The molecule has 1 heterocycles. The molecule has 4 aromatic rings. The fourth-order valence-electron chi connectivity index (χ4n) is 3.74. The number of para-hydroxylation sites is 1. The van der Waals surface area contributed by atoms with Crippen LogP contribution in [0.2, 0.25) is 0 Å². The van der Waals surface area contributed by atoms with E-state index in [-0.39, 0.29) is 28.5 Å². The Bertz CT molecular complexity index is 1480. The second-order valence-electron chi connectivity index (χ2n) is 7.79. The second-order valence-corrected chi connectivity index (χ2v) is 7.79. The molecule has 0 bridgehead atoms. The van der Waals surface area contributed by atoms with E-state index < -0.39 is 17.9 Å². The van der Waals surface area contributed by atoms with E-state index in [1.54, 1.807) is 60.7 Å². The molecular formula is C28H24N2O8. The summed E-state index contributed by atoms with van der Waals surface area (Å²) in [5, 5.41) is 4.56. The molecule has 0 fully saturated rings. The molecule has 0 saturated heterocycles. The highest BCUT2D eigenvalue weighted by Gasteiger charge is 2.31. The van der Waals surface area contributed by atoms with E-state index in [1.807, 2.05) is 6.07 Å². The zero-order valence-corrected chi connectivity index (χ0v) is 21.1. The van der Waals surface area contributed by atoms with Crippen molar-refractivity contribution in [1.82, 2.24) is 9.78 Å². The Hall–Kier alpha value is -5.12. The van der Waals surface area contributed by atoms with Gasteiger partial charge in [0.1, 0.15) is 17.0 Å². The number of hydrogen-bond donors (Lipinski definition) is 0. The summed E-state index contributed by atoms with van der Waals surface area (Å²) < 4.78 is 27.4. The molecule has 0 spiro atoms. The summed E-state index contributed by atoms with van der Waals surface area (Å²) in [5.41, 5.74) is 1.21. The summed E-state index contributed by atoms with van der Waals surface area (Å²) in [6.07, 6.45) is 0. The maximum Gasteiger partial charge on any atom is 0.357 e. The largest absolute Gasteiger partial charge is 0.497 e. The molecule has 1 aromatic heterocycles. The van der Waals surface area contributed by atoms with Gasteiger partial charge in [-0.3, -0.25) is 0 Å². The maximum absolute atomic E-state index is 12.9. The van der Waals surface area contributed by atoms with Crippen LogP contribution in [-0.4, -0.2) is 56.1 Å². The van der Waals surface area contributed by atoms with E-state index in [0.29, 0.717) is 22.6 Å². The second kappa shape index (κ2) is 11.3. The van der Waals surface area contributed by atoms with Crippen LogP contribution in [-0.2, 0) is 9.47 Å². The van der Waals surface area contributed by atoms with Crippen LogP contribution in [0.3, 0.4) is 0 Å². The molecular weight excluding hydrogens is 492 g/mol. The first-order chi connectivity index (χ1) is 18.4. The SMILES string of the molecule is COC(=O)c1c(-c2ccc(OC(=O)c3ccc(OC)cc3)c(OC)c2)nn(-c2ccccc2)c1C(=O)OC. The Kier molecular flexibility index (Phi) is 7.72. The number of nitrogens with zero attached hydrogens (tertiary/aromatic N) is 2. The average molecular weight is 517 g/mol. The summed E-state index contributed by atoms with van der Waals surface area (Å²) in [6, 6.07) is 19.9. The van der Waals surface area contributed by atoms with Gasteiger partial charge in [0.25, 0.3) is 0 Å². The Morgan fingerprint density at radius 3 is 2.00 bits per heavy atom. The van der Waals surface area contributed by atoms with Crippen LogP contribution in [0.5, 0.6) is 17.2 Å². The highest BCUT2D eigenvalue weighted by molar-refractivity contribution is 6.07. The number of esters is 3. The molecule has 0 amide bonds. The van der Waals surface area contributed by atoms with Gasteiger partial charge in [-0.1, -0.05) is 18.2 Å². The van der Waals surface area contributed by atoms with Crippen molar-refractivity contribution in [1.29, 1.82) is 0 Å². The Morgan fingerprint density at radius 2 is 1.39 bits per heavy atom. The van der Waals surface area contributed by atoms with Gasteiger partial charge in [-0.2, -0.15) is 5.10 Å². The first kappa shape index (κ1) is 26.0. The summed E-state index contributed by atoms with van der Waals surface area (Å²) in [7, 11) is 5.35. The lowest BCUT2D eigenvalue weighted by molar-refractivity contribution is 0.0549. The molecule has 0 N–H and O–H groups in total. The lowest BCUT2D eigenvalue weighted by atomic mass is 10.0. The van der Waals surface area contributed by atoms with Crippen molar-refractivity contribution in [2.75, 3.05) is 28.4 Å². The van der Waals surface area contributed by atoms with E-state index in [1.165, 1.54) is 39.2 Å². The Labute approximate surface area is 218 Å². The van der Waals surface area contributed by atoms with Crippen LogP contribution in [0.25, 0.3) is 16.9 Å². The van der Waals surface area contributed by atoms with Crippen LogP contribution < -0.4 is 14.2 Å². The van der Waals surface area contributed by atoms with Gasteiger partial charge < -0.3 is 23.7 Å². The van der Waals surface area contributed by atoms with Gasteiger partial charge in [0.2, 0.25) is 0 Å². The molecule has 10 nitrogen and oxygen atoms in total. The number of benzene rings is 3. The van der Waals surface area contributed by atoms with Gasteiger partial charge >= 0.3 is 17.9 Å². The van der Waals surface area contributed by atoms with E-state index >= 15 is 0 Å². The van der Waals surface area contributed by atoms with Gasteiger partial charge in [-0.05, 0) is 54.6 Å². The molecule has 0 radical (unpaired) electrons. The lowest BCUT2D eigenvalue weighted by Gasteiger charge is -2.11. The zero-order chi connectivity index (χ0) is 27.2.